The highest BCUT2D eigenvalue weighted by molar-refractivity contribution is 5.75. The number of ether oxygens (including phenoxy) is 2. The van der Waals surface area contributed by atoms with Crippen LogP contribution in [0.5, 0.6) is 0 Å². The lowest BCUT2D eigenvalue weighted by atomic mass is 9.81. The van der Waals surface area contributed by atoms with E-state index >= 15 is 0 Å². The lowest BCUT2D eigenvalue weighted by Gasteiger charge is -2.50. The zero-order chi connectivity index (χ0) is 12.5. The van der Waals surface area contributed by atoms with E-state index in [0.717, 1.165) is 26.2 Å². The average molecular weight is 242 g/mol. The van der Waals surface area contributed by atoms with Crippen LogP contribution in [0.3, 0.4) is 0 Å². The minimum atomic E-state index is -0.124. The smallest absolute Gasteiger partial charge is 0.319 e. The second-order valence-corrected chi connectivity index (χ2v) is 5.09. The molecule has 2 fully saturated rings. The van der Waals surface area contributed by atoms with Gasteiger partial charge in [0.2, 0.25) is 0 Å². The molecule has 0 aromatic heterocycles. The first-order valence-corrected chi connectivity index (χ1v) is 6.27. The zero-order valence-corrected chi connectivity index (χ0v) is 10.9. The van der Waals surface area contributed by atoms with Gasteiger partial charge < -0.3 is 19.3 Å². The number of likely N-dealkylation sites (tertiary alicyclic amines) is 1. The van der Waals surface area contributed by atoms with Gasteiger partial charge in [-0.1, -0.05) is 0 Å². The van der Waals surface area contributed by atoms with Gasteiger partial charge in [-0.2, -0.15) is 0 Å². The molecule has 1 atom stereocenters. The molecule has 0 aromatic rings. The second kappa shape index (κ2) is 4.82. The Hall–Kier alpha value is -0.810. The van der Waals surface area contributed by atoms with E-state index in [-0.39, 0.29) is 11.6 Å². The number of amides is 2. The summed E-state index contributed by atoms with van der Waals surface area (Å²) in [6.07, 6.45) is 1.05. The lowest BCUT2D eigenvalue weighted by molar-refractivity contribution is -0.127. The molecular weight excluding hydrogens is 220 g/mol. The molecular formula is C12H22N2O3. The summed E-state index contributed by atoms with van der Waals surface area (Å²) in [5, 5.41) is 0. The molecule has 0 radical (unpaired) electrons. The molecule has 2 aliphatic rings. The Morgan fingerprint density at radius 1 is 1.53 bits per heavy atom. The van der Waals surface area contributed by atoms with Crippen LogP contribution < -0.4 is 0 Å². The van der Waals surface area contributed by atoms with Gasteiger partial charge in [0, 0.05) is 33.2 Å². The lowest BCUT2D eigenvalue weighted by Crippen LogP contribution is -2.67. The second-order valence-electron chi connectivity index (χ2n) is 5.09. The maximum Gasteiger partial charge on any atom is 0.319 e. The standard InChI is InChI=1S/C12H22N2O3/c1-4-16-7-10-5-6-17-12(10)8-14(9-12)11(15)13(2)3/h10H,4-9H2,1-3H3/t10-/m0/s1. The van der Waals surface area contributed by atoms with Crippen LogP contribution in [0.2, 0.25) is 0 Å². The number of carbonyl (C=O) groups is 1. The van der Waals surface area contributed by atoms with E-state index in [4.69, 9.17) is 9.47 Å². The molecule has 0 saturated carbocycles. The van der Waals surface area contributed by atoms with Gasteiger partial charge in [-0.05, 0) is 13.3 Å². The quantitative estimate of drug-likeness (QED) is 0.735. The topological polar surface area (TPSA) is 42.0 Å². The van der Waals surface area contributed by atoms with E-state index in [2.05, 4.69) is 0 Å². The number of hydrogen-bond donors (Lipinski definition) is 0. The van der Waals surface area contributed by atoms with Crippen molar-refractivity contribution in [3.05, 3.63) is 0 Å². The molecule has 17 heavy (non-hydrogen) atoms. The van der Waals surface area contributed by atoms with Crippen LogP contribution in [0.1, 0.15) is 13.3 Å². The van der Waals surface area contributed by atoms with E-state index in [0.29, 0.717) is 19.0 Å². The fourth-order valence-corrected chi connectivity index (χ4v) is 2.65. The van der Waals surface area contributed by atoms with Gasteiger partial charge >= 0.3 is 6.03 Å². The van der Waals surface area contributed by atoms with E-state index in [1.165, 1.54) is 0 Å². The molecule has 5 nitrogen and oxygen atoms in total. The summed E-state index contributed by atoms with van der Waals surface area (Å²) in [5.74, 6) is 0.439. The first-order valence-electron chi connectivity index (χ1n) is 6.27. The number of nitrogens with zero attached hydrogens (tertiary/aromatic N) is 2. The van der Waals surface area contributed by atoms with Crippen LogP contribution >= 0.6 is 0 Å². The molecule has 0 aromatic carbocycles. The largest absolute Gasteiger partial charge is 0.381 e. The normalized spacial score (nSPS) is 26.1. The van der Waals surface area contributed by atoms with Crippen LogP contribution in [-0.4, -0.2) is 68.4 Å². The molecule has 2 heterocycles. The summed E-state index contributed by atoms with van der Waals surface area (Å²) in [6, 6.07) is 0.0706. The summed E-state index contributed by atoms with van der Waals surface area (Å²) in [7, 11) is 3.56. The van der Waals surface area contributed by atoms with Gasteiger partial charge in [0.25, 0.3) is 0 Å². The summed E-state index contributed by atoms with van der Waals surface area (Å²) < 4.78 is 11.4. The van der Waals surface area contributed by atoms with E-state index in [1.54, 1.807) is 19.0 Å². The Morgan fingerprint density at radius 2 is 2.24 bits per heavy atom. The molecule has 0 N–H and O–H groups in total. The predicted octanol–water partition coefficient (Wildman–Crippen LogP) is 0.795. The van der Waals surface area contributed by atoms with Crippen molar-refractivity contribution in [1.29, 1.82) is 0 Å². The van der Waals surface area contributed by atoms with E-state index < -0.39 is 0 Å². The highest BCUT2D eigenvalue weighted by Gasteiger charge is 2.54. The Balaban J connectivity index is 1.88. The van der Waals surface area contributed by atoms with Crippen molar-refractivity contribution in [3.8, 4) is 0 Å². The molecule has 0 unspecified atom stereocenters. The Kier molecular flexibility index (Phi) is 3.58. The molecule has 0 aliphatic carbocycles. The summed E-state index contributed by atoms with van der Waals surface area (Å²) in [6.45, 7) is 5.71. The Bertz CT molecular complexity index is 287. The third-order valence-electron chi connectivity index (χ3n) is 3.69. The SMILES string of the molecule is CCOC[C@@H]1CCOC12CN(C(=O)N(C)C)C2. The van der Waals surface area contributed by atoms with Gasteiger partial charge in [0.15, 0.2) is 0 Å². The maximum atomic E-state index is 11.8. The summed E-state index contributed by atoms with van der Waals surface area (Å²) >= 11 is 0. The molecule has 2 saturated heterocycles. The van der Waals surface area contributed by atoms with Crippen LogP contribution in [0.15, 0.2) is 0 Å². The van der Waals surface area contributed by atoms with Gasteiger partial charge in [-0.15, -0.1) is 0 Å². The Labute approximate surface area is 103 Å². The van der Waals surface area contributed by atoms with Crippen LogP contribution in [0.25, 0.3) is 0 Å². The first kappa shape index (κ1) is 12.6. The van der Waals surface area contributed by atoms with Crippen molar-refractivity contribution < 1.29 is 14.3 Å². The van der Waals surface area contributed by atoms with E-state index in [1.807, 2.05) is 11.8 Å². The van der Waals surface area contributed by atoms with Crippen LogP contribution in [0, 0.1) is 5.92 Å². The fourth-order valence-electron chi connectivity index (χ4n) is 2.65. The highest BCUT2D eigenvalue weighted by Crippen LogP contribution is 2.40. The van der Waals surface area contributed by atoms with Crippen molar-refractivity contribution in [3.63, 3.8) is 0 Å². The molecule has 5 heteroatoms. The number of urea groups is 1. The molecule has 2 amide bonds. The van der Waals surface area contributed by atoms with Crippen LogP contribution in [0.4, 0.5) is 4.79 Å². The van der Waals surface area contributed by atoms with Crippen molar-refractivity contribution in [1.82, 2.24) is 9.80 Å². The van der Waals surface area contributed by atoms with Gasteiger partial charge in [-0.3, -0.25) is 0 Å². The number of carbonyl (C=O) groups excluding carboxylic acids is 1. The van der Waals surface area contributed by atoms with Crippen molar-refractivity contribution in [2.75, 3.05) is 47.0 Å². The molecule has 98 valence electrons. The zero-order valence-electron chi connectivity index (χ0n) is 10.9. The fraction of sp³-hybridized carbons (Fsp3) is 0.917. The summed E-state index contributed by atoms with van der Waals surface area (Å²) in [5.41, 5.74) is -0.124. The number of rotatable bonds is 3. The first-order chi connectivity index (χ1) is 8.09. The minimum Gasteiger partial charge on any atom is -0.381 e. The molecule has 2 aliphatic heterocycles. The van der Waals surface area contributed by atoms with Crippen molar-refractivity contribution in [2.45, 2.75) is 18.9 Å². The third-order valence-corrected chi connectivity index (χ3v) is 3.69. The highest BCUT2D eigenvalue weighted by atomic mass is 16.5. The predicted molar refractivity (Wildman–Crippen MR) is 63.9 cm³/mol. The van der Waals surface area contributed by atoms with Gasteiger partial charge in [0.05, 0.1) is 19.7 Å². The average Bonchev–Trinajstić information content (AvgIpc) is 2.66. The molecule has 1 spiro atoms. The van der Waals surface area contributed by atoms with Gasteiger partial charge in [0.1, 0.15) is 5.60 Å². The van der Waals surface area contributed by atoms with E-state index in [9.17, 15) is 4.79 Å². The van der Waals surface area contributed by atoms with Crippen LogP contribution in [-0.2, 0) is 9.47 Å². The van der Waals surface area contributed by atoms with Crippen molar-refractivity contribution >= 4 is 6.03 Å². The Morgan fingerprint density at radius 3 is 2.82 bits per heavy atom. The molecule has 2 rings (SSSR count). The maximum absolute atomic E-state index is 11.8. The van der Waals surface area contributed by atoms with Crippen molar-refractivity contribution in [2.24, 2.45) is 5.92 Å². The molecule has 0 bridgehead atoms. The monoisotopic (exact) mass is 242 g/mol. The van der Waals surface area contributed by atoms with Gasteiger partial charge in [-0.25, -0.2) is 4.79 Å². The summed E-state index contributed by atoms with van der Waals surface area (Å²) in [4.78, 5) is 15.2. The minimum absolute atomic E-state index is 0.0706. The number of hydrogen-bond acceptors (Lipinski definition) is 3. The third kappa shape index (κ3) is 2.26.